The van der Waals surface area contributed by atoms with Crippen LogP contribution in [0.25, 0.3) is 11.2 Å². The van der Waals surface area contributed by atoms with Gasteiger partial charge in [0.05, 0.1) is 5.52 Å². The van der Waals surface area contributed by atoms with E-state index in [9.17, 15) is 4.79 Å². The van der Waals surface area contributed by atoms with Crippen molar-refractivity contribution < 1.29 is 4.79 Å². The third-order valence-electron chi connectivity index (χ3n) is 4.78. The van der Waals surface area contributed by atoms with Gasteiger partial charge in [0.1, 0.15) is 5.15 Å². The number of halogens is 3. The summed E-state index contributed by atoms with van der Waals surface area (Å²) in [6.45, 7) is 1.65. The van der Waals surface area contributed by atoms with Crippen LogP contribution in [0.3, 0.4) is 0 Å². The average Bonchev–Trinajstić information content (AvgIpc) is 3.04. The van der Waals surface area contributed by atoms with E-state index in [-0.39, 0.29) is 11.7 Å². The number of carbonyl (C=O) groups excluding carboxylic acids is 1. The molecule has 0 aliphatic carbocycles. The van der Waals surface area contributed by atoms with Crippen molar-refractivity contribution in [2.45, 2.75) is 19.3 Å². The highest BCUT2D eigenvalue weighted by Gasteiger charge is 2.25. The van der Waals surface area contributed by atoms with Crippen LogP contribution in [0.2, 0.25) is 15.2 Å². The minimum Gasteiger partial charge on any atom is -0.342 e. The number of anilines is 1. The summed E-state index contributed by atoms with van der Waals surface area (Å²) >= 11 is 18.0. The Morgan fingerprint density at radius 2 is 1.93 bits per heavy atom. The summed E-state index contributed by atoms with van der Waals surface area (Å²) in [4.78, 5) is 26.9. The van der Waals surface area contributed by atoms with Crippen molar-refractivity contribution in [1.82, 2.24) is 15.0 Å². The molecule has 1 aliphatic rings. The lowest BCUT2D eigenvalue weighted by atomic mass is 9.91. The number of fused-ring (bicyclic) bond motifs is 1. The van der Waals surface area contributed by atoms with Gasteiger partial charge in [0.2, 0.25) is 5.95 Å². The molecule has 1 fully saturated rings. The van der Waals surface area contributed by atoms with Gasteiger partial charge < -0.3 is 9.88 Å². The summed E-state index contributed by atoms with van der Waals surface area (Å²) in [5.74, 6) is 1.07. The first-order valence-corrected chi connectivity index (χ1v) is 9.88. The second-order valence-corrected chi connectivity index (χ2v) is 8.07. The fourth-order valence-corrected chi connectivity index (χ4v) is 4.19. The number of benzene rings is 1. The molecule has 5 nitrogen and oxygen atoms in total. The second-order valence-electron chi connectivity index (χ2n) is 6.81. The van der Waals surface area contributed by atoms with Crippen molar-refractivity contribution >= 4 is 57.7 Å². The second kappa shape index (κ2) is 7.66. The van der Waals surface area contributed by atoms with E-state index < -0.39 is 0 Å². The minimum atomic E-state index is 0.0595. The molecule has 1 aliphatic heterocycles. The molecule has 2 aromatic heterocycles. The molecule has 27 heavy (non-hydrogen) atoms. The molecule has 0 amide bonds. The summed E-state index contributed by atoms with van der Waals surface area (Å²) in [7, 11) is 0. The number of rotatable bonds is 4. The fourth-order valence-electron chi connectivity index (χ4n) is 3.53. The van der Waals surface area contributed by atoms with Crippen LogP contribution in [0.15, 0.2) is 30.3 Å². The Kier molecular flexibility index (Phi) is 5.26. The molecule has 0 spiro atoms. The number of hydrogen-bond acceptors (Lipinski definition) is 4. The van der Waals surface area contributed by atoms with E-state index in [0.717, 1.165) is 37.4 Å². The number of H-pyrrole nitrogens is 1. The van der Waals surface area contributed by atoms with E-state index in [1.54, 1.807) is 24.3 Å². The predicted molar refractivity (Wildman–Crippen MR) is 109 cm³/mol. The normalized spacial score (nSPS) is 17.4. The first kappa shape index (κ1) is 18.5. The highest BCUT2D eigenvalue weighted by molar-refractivity contribution is 6.35. The van der Waals surface area contributed by atoms with Crippen LogP contribution < -0.4 is 4.90 Å². The smallest absolute Gasteiger partial charge is 0.205 e. The lowest BCUT2D eigenvalue weighted by Gasteiger charge is -2.32. The molecule has 1 aromatic carbocycles. The molecule has 0 radical (unpaired) electrons. The Morgan fingerprint density at radius 1 is 1.15 bits per heavy atom. The van der Waals surface area contributed by atoms with Crippen LogP contribution in [-0.4, -0.2) is 33.8 Å². The Labute approximate surface area is 171 Å². The van der Waals surface area contributed by atoms with Gasteiger partial charge in [-0.2, -0.15) is 4.98 Å². The van der Waals surface area contributed by atoms with Crippen molar-refractivity contribution in [1.29, 1.82) is 0 Å². The molecule has 3 aromatic rings. The molecule has 1 saturated heterocycles. The summed E-state index contributed by atoms with van der Waals surface area (Å²) in [5, 5.41) is 1.37. The Bertz CT molecular complexity index is 984. The predicted octanol–water partition coefficient (Wildman–Crippen LogP) is 5.41. The summed E-state index contributed by atoms with van der Waals surface area (Å²) in [6, 6.07) is 8.58. The van der Waals surface area contributed by atoms with E-state index in [2.05, 4.69) is 19.9 Å². The Balaban J connectivity index is 1.48. The van der Waals surface area contributed by atoms with Crippen LogP contribution in [0.5, 0.6) is 0 Å². The summed E-state index contributed by atoms with van der Waals surface area (Å²) < 4.78 is 0. The molecule has 1 atom stereocenters. The zero-order chi connectivity index (χ0) is 19.0. The van der Waals surface area contributed by atoms with E-state index >= 15 is 0 Å². The summed E-state index contributed by atoms with van der Waals surface area (Å²) in [5.41, 5.74) is 2.01. The first-order valence-electron chi connectivity index (χ1n) is 8.74. The molecular weight excluding hydrogens is 407 g/mol. The minimum absolute atomic E-state index is 0.0595. The highest BCUT2D eigenvalue weighted by atomic mass is 35.5. The maximum Gasteiger partial charge on any atom is 0.205 e. The number of carbonyl (C=O) groups is 1. The molecule has 0 bridgehead atoms. The molecule has 3 heterocycles. The number of ketones is 1. The SMILES string of the molecule is O=C(C[C@H]1CCCN(c2nc3nc(Cl)ccc3[nH]2)C1)c1cc(Cl)cc(Cl)c1. The van der Waals surface area contributed by atoms with Crippen LogP contribution in [0.4, 0.5) is 5.95 Å². The number of hydrogen-bond donors (Lipinski definition) is 1. The number of pyridine rings is 1. The van der Waals surface area contributed by atoms with Gasteiger partial charge in [-0.1, -0.05) is 34.8 Å². The van der Waals surface area contributed by atoms with Crippen LogP contribution in [-0.2, 0) is 0 Å². The fraction of sp³-hybridized carbons (Fsp3) is 0.316. The van der Waals surface area contributed by atoms with Crippen molar-refractivity contribution in [3.63, 3.8) is 0 Å². The molecular formula is C19H17Cl3N4O. The van der Waals surface area contributed by atoms with Crippen LogP contribution >= 0.6 is 34.8 Å². The van der Waals surface area contributed by atoms with Crippen molar-refractivity contribution in [2.24, 2.45) is 5.92 Å². The van der Waals surface area contributed by atoms with Crippen molar-refractivity contribution in [2.75, 3.05) is 18.0 Å². The van der Waals surface area contributed by atoms with E-state index in [4.69, 9.17) is 34.8 Å². The zero-order valence-electron chi connectivity index (χ0n) is 14.4. The molecule has 0 unspecified atom stereocenters. The van der Waals surface area contributed by atoms with Gasteiger partial charge in [0.15, 0.2) is 11.4 Å². The quantitative estimate of drug-likeness (QED) is 0.450. The Hall–Kier alpha value is -1.82. The zero-order valence-corrected chi connectivity index (χ0v) is 16.7. The van der Waals surface area contributed by atoms with Gasteiger partial charge in [-0.25, -0.2) is 4.98 Å². The summed E-state index contributed by atoms with van der Waals surface area (Å²) in [6.07, 6.45) is 2.46. The largest absolute Gasteiger partial charge is 0.342 e. The standard InChI is InChI=1S/C19H17Cl3N4O/c20-13-7-12(8-14(21)9-13)16(27)6-11-2-1-5-26(10-11)19-23-15-3-4-17(22)24-18(15)25-19/h3-4,7-9,11H,1-2,5-6,10H2,(H,23,24,25)/t11-/m1/s1. The van der Waals surface area contributed by atoms with Gasteiger partial charge >= 0.3 is 0 Å². The van der Waals surface area contributed by atoms with Gasteiger partial charge in [-0.15, -0.1) is 0 Å². The van der Waals surface area contributed by atoms with Gasteiger partial charge in [-0.3, -0.25) is 4.79 Å². The van der Waals surface area contributed by atoms with Gasteiger partial charge in [0, 0.05) is 35.1 Å². The van der Waals surface area contributed by atoms with E-state index in [1.165, 1.54) is 0 Å². The number of nitrogens with zero attached hydrogens (tertiary/aromatic N) is 3. The molecule has 0 saturated carbocycles. The first-order chi connectivity index (χ1) is 13.0. The molecule has 8 heteroatoms. The molecule has 1 N–H and O–H groups in total. The third kappa shape index (κ3) is 4.21. The number of nitrogens with one attached hydrogen (secondary N) is 1. The van der Waals surface area contributed by atoms with Crippen molar-refractivity contribution in [3.8, 4) is 0 Å². The van der Waals surface area contributed by atoms with Gasteiger partial charge in [0.25, 0.3) is 0 Å². The van der Waals surface area contributed by atoms with Crippen LogP contribution in [0.1, 0.15) is 29.6 Å². The lowest BCUT2D eigenvalue weighted by Crippen LogP contribution is -2.37. The lowest BCUT2D eigenvalue weighted by molar-refractivity contribution is 0.0956. The van der Waals surface area contributed by atoms with E-state index in [0.29, 0.717) is 32.8 Å². The van der Waals surface area contributed by atoms with E-state index in [1.807, 2.05) is 6.07 Å². The molecule has 140 valence electrons. The van der Waals surface area contributed by atoms with Crippen LogP contribution in [0, 0.1) is 5.92 Å². The topological polar surface area (TPSA) is 61.9 Å². The average molecular weight is 424 g/mol. The number of piperidine rings is 1. The number of aromatic nitrogens is 3. The maximum absolute atomic E-state index is 12.7. The number of imidazole rings is 1. The number of Topliss-reactive ketones (excluding diaryl/α,β-unsaturated/α-hetero) is 1. The Morgan fingerprint density at radius 3 is 2.70 bits per heavy atom. The van der Waals surface area contributed by atoms with Crippen molar-refractivity contribution in [3.05, 3.63) is 51.1 Å². The monoisotopic (exact) mass is 422 g/mol. The van der Waals surface area contributed by atoms with Gasteiger partial charge in [-0.05, 0) is 49.1 Å². The highest BCUT2D eigenvalue weighted by Crippen LogP contribution is 2.27. The molecule has 4 rings (SSSR count). The maximum atomic E-state index is 12.7. The number of aromatic amines is 1. The third-order valence-corrected chi connectivity index (χ3v) is 5.42.